The van der Waals surface area contributed by atoms with Crippen molar-refractivity contribution in [2.45, 2.75) is 33.4 Å². The van der Waals surface area contributed by atoms with Gasteiger partial charge in [-0.25, -0.2) is 9.67 Å². The molecule has 3 N–H and O–H groups in total. The Morgan fingerprint density at radius 3 is 2.52 bits per heavy atom. The first-order valence-electron chi connectivity index (χ1n) is 10.5. The molecule has 31 heavy (non-hydrogen) atoms. The van der Waals surface area contributed by atoms with Crippen molar-refractivity contribution in [3.63, 3.8) is 0 Å². The van der Waals surface area contributed by atoms with Gasteiger partial charge in [0.15, 0.2) is 5.96 Å². The standard InChI is InChI=1S/C24H31N5O2/c1-5-25-24(27-16-23(30)19-10-12-21(31-4)13-11-19)26-15-20-8-6-7-9-22(20)29-18(3)14-17(2)28-29/h6-14,23,30H,5,15-16H2,1-4H3,(H2,25,26,27). The predicted octanol–water partition coefficient (Wildman–Crippen LogP) is 3.29. The summed E-state index contributed by atoms with van der Waals surface area (Å²) in [4.78, 5) is 4.72. The van der Waals surface area contributed by atoms with Crippen LogP contribution >= 0.6 is 0 Å². The van der Waals surface area contributed by atoms with Gasteiger partial charge in [-0.2, -0.15) is 5.10 Å². The zero-order valence-electron chi connectivity index (χ0n) is 18.6. The lowest BCUT2D eigenvalue weighted by Crippen LogP contribution is -2.39. The van der Waals surface area contributed by atoms with Gasteiger partial charge in [0, 0.05) is 18.8 Å². The summed E-state index contributed by atoms with van der Waals surface area (Å²) in [5.41, 5.74) is 4.98. The monoisotopic (exact) mass is 421 g/mol. The van der Waals surface area contributed by atoms with Gasteiger partial charge in [-0.15, -0.1) is 0 Å². The molecule has 0 saturated carbocycles. The number of benzene rings is 2. The van der Waals surface area contributed by atoms with E-state index in [1.165, 1.54) is 0 Å². The number of aliphatic hydroxyl groups is 1. The molecule has 0 spiro atoms. The van der Waals surface area contributed by atoms with Gasteiger partial charge in [-0.1, -0.05) is 30.3 Å². The fourth-order valence-electron chi connectivity index (χ4n) is 3.37. The van der Waals surface area contributed by atoms with Crippen molar-refractivity contribution >= 4 is 5.96 Å². The molecule has 164 valence electrons. The second-order valence-corrected chi connectivity index (χ2v) is 7.33. The minimum atomic E-state index is -0.656. The third kappa shape index (κ3) is 5.86. The van der Waals surface area contributed by atoms with Gasteiger partial charge in [-0.05, 0) is 56.2 Å². The zero-order valence-corrected chi connectivity index (χ0v) is 18.6. The van der Waals surface area contributed by atoms with Crippen LogP contribution in [0.25, 0.3) is 5.69 Å². The van der Waals surface area contributed by atoms with Gasteiger partial charge in [0.05, 0.1) is 31.1 Å². The van der Waals surface area contributed by atoms with Gasteiger partial charge in [-0.3, -0.25) is 0 Å². The molecule has 1 heterocycles. The topological polar surface area (TPSA) is 83.7 Å². The Morgan fingerprint density at radius 1 is 1.13 bits per heavy atom. The average Bonchev–Trinajstić information content (AvgIpc) is 3.13. The fourth-order valence-corrected chi connectivity index (χ4v) is 3.37. The Labute approximate surface area is 183 Å². The van der Waals surface area contributed by atoms with E-state index in [0.717, 1.165) is 40.5 Å². The van der Waals surface area contributed by atoms with Gasteiger partial charge in [0.1, 0.15) is 5.75 Å². The molecule has 1 unspecified atom stereocenters. The van der Waals surface area contributed by atoms with E-state index in [4.69, 9.17) is 9.73 Å². The zero-order chi connectivity index (χ0) is 22.2. The molecular formula is C24H31N5O2. The first-order chi connectivity index (χ1) is 15.0. The van der Waals surface area contributed by atoms with Crippen molar-refractivity contribution in [3.05, 3.63) is 77.1 Å². The van der Waals surface area contributed by atoms with Crippen molar-refractivity contribution in [1.29, 1.82) is 0 Å². The highest BCUT2D eigenvalue weighted by molar-refractivity contribution is 5.79. The maximum absolute atomic E-state index is 10.5. The lowest BCUT2D eigenvalue weighted by atomic mass is 10.1. The molecule has 0 aliphatic carbocycles. The normalized spacial score (nSPS) is 12.5. The third-order valence-electron chi connectivity index (χ3n) is 4.94. The molecule has 0 aliphatic rings. The summed E-state index contributed by atoms with van der Waals surface area (Å²) < 4.78 is 7.12. The molecule has 3 aromatic rings. The van der Waals surface area contributed by atoms with E-state index in [0.29, 0.717) is 19.0 Å². The van der Waals surface area contributed by atoms with Crippen molar-refractivity contribution in [3.8, 4) is 11.4 Å². The van der Waals surface area contributed by atoms with Crippen LogP contribution in [0, 0.1) is 13.8 Å². The second-order valence-electron chi connectivity index (χ2n) is 7.33. The number of ether oxygens (including phenoxy) is 1. The van der Waals surface area contributed by atoms with E-state index >= 15 is 0 Å². The smallest absolute Gasteiger partial charge is 0.191 e. The van der Waals surface area contributed by atoms with E-state index in [-0.39, 0.29) is 0 Å². The number of aryl methyl sites for hydroxylation is 2. The van der Waals surface area contributed by atoms with Crippen LogP contribution in [0.15, 0.2) is 59.6 Å². The quantitative estimate of drug-likeness (QED) is 0.384. The first-order valence-corrected chi connectivity index (χ1v) is 10.5. The van der Waals surface area contributed by atoms with Crippen LogP contribution in [-0.4, -0.2) is 41.0 Å². The minimum absolute atomic E-state index is 0.345. The predicted molar refractivity (Wildman–Crippen MR) is 124 cm³/mol. The summed E-state index contributed by atoms with van der Waals surface area (Å²) in [6.07, 6.45) is -0.656. The average molecular weight is 422 g/mol. The van der Waals surface area contributed by atoms with Crippen molar-refractivity contribution in [1.82, 2.24) is 20.4 Å². The maximum Gasteiger partial charge on any atom is 0.191 e. The number of aliphatic imine (C=N–C) groups is 1. The molecule has 0 fully saturated rings. The molecule has 1 atom stereocenters. The number of nitrogens with one attached hydrogen (secondary N) is 2. The Bertz CT molecular complexity index is 1010. The lowest BCUT2D eigenvalue weighted by Gasteiger charge is -2.16. The van der Waals surface area contributed by atoms with Crippen LogP contribution in [0.4, 0.5) is 0 Å². The Morgan fingerprint density at radius 2 is 1.87 bits per heavy atom. The summed E-state index contributed by atoms with van der Waals surface area (Å²) >= 11 is 0. The number of nitrogens with zero attached hydrogens (tertiary/aromatic N) is 3. The lowest BCUT2D eigenvalue weighted by molar-refractivity contribution is 0.180. The van der Waals surface area contributed by atoms with Crippen LogP contribution in [-0.2, 0) is 6.54 Å². The number of rotatable bonds is 8. The summed E-state index contributed by atoms with van der Waals surface area (Å²) in [6.45, 7) is 7.61. The third-order valence-corrected chi connectivity index (χ3v) is 4.94. The fraction of sp³-hybridized carbons (Fsp3) is 0.333. The number of aromatic nitrogens is 2. The molecule has 0 amide bonds. The molecular weight excluding hydrogens is 390 g/mol. The van der Waals surface area contributed by atoms with E-state index in [1.54, 1.807) is 7.11 Å². The number of para-hydroxylation sites is 1. The molecule has 3 rings (SSSR count). The molecule has 7 nitrogen and oxygen atoms in total. The molecule has 0 saturated heterocycles. The van der Waals surface area contributed by atoms with Crippen molar-refractivity contribution in [2.75, 3.05) is 20.2 Å². The van der Waals surface area contributed by atoms with Gasteiger partial charge in [0.25, 0.3) is 0 Å². The van der Waals surface area contributed by atoms with Crippen LogP contribution in [0.5, 0.6) is 5.75 Å². The van der Waals surface area contributed by atoms with Crippen LogP contribution in [0.1, 0.15) is 35.5 Å². The second kappa shape index (κ2) is 10.6. The minimum Gasteiger partial charge on any atom is -0.497 e. The highest BCUT2D eigenvalue weighted by Crippen LogP contribution is 2.18. The largest absolute Gasteiger partial charge is 0.497 e. The number of guanidine groups is 1. The summed E-state index contributed by atoms with van der Waals surface area (Å²) in [5.74, 6) is 1.42. The van der Waals surface area contributed by atoms with Crippen molar-refractivity contribution < 1.29 is 9.84 Å². The number of hydrogen-bond donors (Lipinski definition) is 3. The maximum atomic E-state index is 10.5. The highest BCUT2D eigenvalue weighted by atomic mass is 16.5. The summed E-state index contributed by atoms with van der Waals surface area (Å²) in [5, 5.41) is 21.6. The Balaban J connectivity index is 1.70. The number of hydrogen-bond acceptors (Lipinski definition) is 4. The van der Waals surface area contributed by atoms with Crippen LogP contribution < -0.4 is 15.4 Å². The number of aliphatic hydroxyl groups excluding tert-OH is 1. The van der Waals surface area contributed by atoms with Gasteiger partial charge < -0.3 is 20.5 Å². The van der Waals surface area contributed by atoms with Crippen LogP contribution in [0.2, 0.25) is 0 Å². The van der Waals surface area contributed by atoms with E-state index in [9.17, 15) is 5.11 Å². The molecule has 2 aromatic carbocycles. The molecule has 1 aromatic heterocycles. The van der Waals surface area contributed by atoms with Gasteiger partial charge >= 0.3 is 0 Å². The van der Waals surface area contributed by atoms with Crippen LogP contribution in [0.3, 0.4) is 0 Å². The van der Waals surface area contributed by atoms with E-state index < -0.39 is 6.10 Å². The van der Waals surface area contributed by atoms with E-state index in [1.807, 2.05) is 61.9 Å². The molecule has 0 aliphatic heterocycles. The highest BCUT2D eigenvalue weighted by Gasteiger charge is 2.11. The molecule has 0 radical (unpaired) electrons. The van der Waals surface area contributed by atoms with Crippen molar-refractivity contribution in [2.24, 2.45) is 4.99 Å². The molecule has 7 heteroatoms. The van der Waals surface area contributed by atoms with Gasteiger partial charge in [0.2, 0.25) is 0 Å². The Hall–Kier alpha value is -3.32. The SMILES string of the molecule is CCNC(=NCc1ccccc1-n1nc(C)cc1C)NCC(O)c1ccc(OC)cc1. The van der Waals surface area contributed by atoms with E-state index in [2.05, 4.69) is 33.9 Å². The summed E-state index contributed by atoms with van der Waals surface area (Å²) in [7, 11) is 1.62. The molecule has 0 bridgehead atoms. The Kier molecular flexibility index (Phi) is 7.67. The summed E-state index contributed by atoms with van der Waals surface area (Å²) in [6, 6.07) is 17.6. The first kappa shape index (κ1) is 22.4. The number of methoxy groups -OCH3 is 1.